The summed E-state index contributed by atoms with van der Waals surface area (Å²) in [6.45, 7) is 1.18. The summed E-state index contributed by atoms with van der Waals surface area (Å²) < 4.78 is 20.5. The molecule has 144 valence electrons. The van der Waals surface area contributed by atoms with Crippen molar-refractivity contribution >= 4 is 39.9 Å². The molecule has 0 aliphatic carbocycles. The Morgan fingerprint density at radius 3 is 2.96 bits per heavy atom. The van der Waals surface area contributed by atoms with Crippen LogP contribution in [0.15, 0.2) is 36.5 Å². The predicted octanol–water partition coefficient (Wildman–Crippen LogP) is 4.16. The molecule has 3 heterocycles. The number of carbonyl (C=O) groups is 1. The molecule has 0 fully saturated rings. The monoisotopic (exact) mass is 400 g/mol. The predicted molar refractivity (Wildman–Crippen MR) is 105 cm³/mol. The molecule has 1 aromatic carbocycles. The van der Waals surface area contributed by atoms with Gasteiger partial charge in [-0.25, -0.2) is 9.37 Å². The van der Waals surface area contributed by atoms with Crippen LogP contribution < -0.4 is 5.32 Å². The Balaban J connectivity index is 1.89. The Bertz CT molecular complexity index is 1060. The first kappa shape index (κ1) is 18.6. The number of nitrogens with zero attached hydrogens (tertiary/aromatic N) is 3. The van der Waals surface area contributed by atoms with Crippen molar-refractivity contribution in [3.63, 3.8) is 0 Å². The van der Waals surface area contributed by atoms with Gasteiger partial charge in [-0.15, -0.1) is 0 Å². The largest absolute Gasteiger partial charge is 0.377 e. The molecule has 28 heavy (non-hydrogen) atoms. The average molecular weight is 401 g/mol. The number of amides is 1. The van der Waals surface area contributed by atoms with Gasteiger partial charge in [0.25, 0.3) is 5.91 Å². The Morgan fingerprint density at radius 2 is 2.11 bits per heavy atom. The molecule has 4 rings (SSSR count). The normalized spacial score (nSPS) is 15.2. The molecule has 0 saturated heterocycles. The van der Waals surface area contributed by atoms with Gasteiger partial charge in [0.05, 0.1) is 28.5 Å². The summed E-state index contributed by atoms with van der Waals surface area (Å²) in [4.78, 5) is 23.1. The topological polar surface area (TPSA) is 67.3 Å². The second-order valence-corrected chi connectivity index (χ2v) is 6.98. The van der Waals surface area contributed by atoms with Crippen LogP contribution >= 0.6 is 11.6 Å². The van der Waals surface area contributed by atoms with Crippen molar-refractivity contribution < 1.29 is 13.9 Å². The van der Waals surface area contributed by atoms with E-state index in [0.717, 1.165) is 0 Å². The van der Waals surface area contributed by atoms with Crippen LogP contribution in [0, 0.1) is 5.82 Å². The number of halogens is 2. The van der Waals surface area contributed by atoms with Gasteiger partial charge in [-0.3, -0.25) is 9.78 Å². The standard InChI is InChI=1S/C20H18ClFN4O2/c1-26-9-2-10-28-11-12-3-4-13(21)17(22)18(12)24-15-7-8-23-14-5-6-16(20(26)27)25-19(14)15/h3-8,24H,2,9-11H2,1H3. The van der Waals surface area contributed by atoms with E-state index in [-0.39, 0.29) is 23.2 Å². The van der Waals surface area contributed by atoms with Crippen LogP contribution in [0.5, 0.6) is 0 Å². The average Bonchev–Trinajstić information content (AvgIpc) is 2.71. The van der Waals surface area contributed by atoms with Crippen molar-refractivity contribution in [2.75, 3.05) is 25.5 Å². The Morgan fingerprint density at radius 1 is 1.25 bits per heavy atom. The highest BCUT2D eigenvalue weighted by atomic mass is 35.5. The Hall–Kier alpha value is -2.77. The van der Waals surface area contributed by atoms with Crippen LogP contribution in [0.3, 0.4) is 0 Å². The molecule has 8 heteroatoms. The maximum atomic E-state index is 14.8. The van der Waals surface area contributed by atoms with E-state index in [1.54, 1.807) is 42.4 Å². The number of carbonyl (C=O) groups excluding carboxylic acids is 1. The van der Waals surface area contributed by atoms with E-state index in [1.165, 1.54) is 6.07 Å². The molecule has 1 aliphatic rings. The number of fused-ring (bicyclic) bond motifs is 2. The highest BCUT2D eigenvalue weighted by Gasteiger charge is 2.18. The van der Waals surface area contributed by atoms with E-state index in [1.807, 2.05) is 0 Å². The van der Waals surface area contributed by atoms with Crippen molar-refractivity contribution in [2.45, 2.75) is 13.0 Å². The summed E-state index contributed by atoms with van der Waals surface area (Å²) in [5.74, 6) is -0.754. The van der Waals surface area contributed by atoms with Crippen molar-refractivity contribution in [2.24, 2.45) is 0 Å². The van der Waals surface area contributed by atoms with Gasteiger partial charge in [0, 0.05) is 32.0 Å². The lowest BCUT2D eigenvalue weighted by Crippen LogP contribution is -2.29. The smallest absolute Gasteiger partial charge is 0.272 e. The molecule has 1 N–H and O–H groups in total. The summed E-state index contributed by atoms with van der Waals surface area (Å²) in [6, 6.07) is 8.31. The summed E-state index contributed by atoms with van der Waals surface area (Å²) >= 11 is 5.99. The van der Waals surface area contributed by atoms with Crippen LogP contribution in [0.1, 0.15) is 22.5 Å². The highest BCUT2D eigenvalue weighted by Crippen LogP contribution is 2.32. The molecular formula is C20H18ClFN4O2. The number of hydrogen-bond donors (Lipinski definition) is 1. The van der Waals surface area contributed by atoms with Crippen molar-refractivity contribution in [3.05, 3.63) is 58.6 Å². The van der Waals surface area contributed by atoms with Gasteiger partial charge in [-0.2, -0.15) is 0 Å². The zero-order chi connectivity index (χ0) is 19.7. The molecule has 2 bridgehead atoms. The van der Waals surface area contributed by atoms with Crippen molar-refractivity contribution in [3.8, 4) is 0 Å². The number of nitrogens with one attached hydrogen (secondary N) is 1. The van der Waals surface area contributed by atoms with Gasteiger partial charge >= 0.3 is 0 Å². The molecule has 0 saturated carbocycles. The molecule has 0 radical (unpaired) electrons. The molecule has 0 unspecified atom stereocenters. The maximum Gasteiger partial charge on any atom is 0.272 e. The van der Waals surface area contributed by atoms with Gasteiger partial charge in [0.15, 0.2) is 5.82 Å². The highest BCUT2D eigenvalue weighted by molar-refractivity contribution is 6.31. The van der Waals surface area contributed by atoms with Crippen LogP contribution in [-0.2, 0) is 11.3 Å². The lowest BCUT2D eigenvalue weighted by molar-refractivity contribution is 0.0748. The summed E-state index contributed by atoms with van der Waals surface area (Å²) in [5, 5.41) is 3.09. The van der Waals surface area contributed by atoms with Crippen LogP contribution in [0.2, 0.25) is 5.02 Å². The third-order valence-corrected chi connectivity index (χ3v) is 4.92. The molecule has 0 atom stereocenters. The first-order chi connectivity index (χ1) is 13.5. The van der Waals surface area contributed by atoms with E-state index < -0.39 is 5.82 Å². The summed E-state index contributed by atoms with van der Waals surface area (Å²) in [7, 11) is 1.73. The molecule has 3 aromatic rings. The minimum Gasteiger partial charge on any atom is -0.377 e. The fourth-order valence-electron chi connectivity index (χ4n) is 3.11. The van der Waals surface area contributed by atoms with E-state index in [9.17, 15) is 9.18 Å². The minimum absolute atomic E-state index is 0.0104. The van der Waals surface area contributed by atoms with E-state index >= 15 is 0 Å². The maximum absolute atomic E-state index is 14.8. The zero-order valence-electron chi connectivity index (χ0n) is 15.2. The quantitative estimate of drug-likeness (QED) is 0.613. The summed E-state index contributed by atoms with van der Waals surface area (Å²) in [6.07, 6.45) is 2.25. The lowest BCUT2D eigenvalue weighted by atomic mass is 10.1. The molecular weight excluding hydrogens is 383 g/mol. The Kier molecular flexibility index (Phi) is 5.11. The summed E-state index contributed by atoms with van der Waals surface area (Å²) in [5.41, 5.74) is 2.77. The fourth-order valence-corrected chi connectivity index (χ4v) is 3.27. The molecule has 2 aromatic heterocycles. The third-order valence-electron chi connectivity index (χ3n) is 4.63. The number of anilines is 2. The van der Waals surface area contributed by atoms with Gasteiger partial charge in [-0.1, -0.05) is 17.7 Å². The Labute approximate surface area is 166 Å². The minimum atomic E-state index is -0.563. The van der Waals surface area contributed by atoms with Crippen molar-refractivity contribution in [1.29, 1.82) is 0 Å². The van der Waals surface area contributed by atoms with E-state index in [4.69, 9.17) is 16.3 Å². The first-order valence-electron chi connectivity index (χ1n) is 8.87. The SMILES string of the molecule is CN1CCCOCc2ccc(Cl)c(F)c2Nc2ccnc3ccc(nc23)C1=O. The number of rotatable bonds is 0. The first-order valence-corrected chi connectivity index (χ1v) is 9.25. The second-order valence-electron chi connectivity index (χ2n) is 6.58. The number of hydrogen-bond acceptors (Lipinski definition) is 5. The third kappa shape index (κ3) is 3.50. The van der Waals surface area contributed by atoms with Crippen LogP contribution in [0.25, 0.3) is 11.0 Å². The van der Waals surface area contributed by atoms with Gasteiger partial charge in [-0.05, 0) is 30.7 Å². The molecule has 0 spiro atoms. The van der Waals surface area contributed by atoms with E-state index in [2.05, 4.69) is 15.3 Å². The van der Waals surface area contributed by atoms with Gasteiger partial charge in [0.1, 0.15) is 11.2 Å². The van der Waals surface area contributed by atoms with E-state index in [0.29, 0.717) is 47.6 Å². The van der Waals surface area contributed by atoms with Crippen LogP contribution in [-0.4, -0.2) is 41.0 Å². The lowest BCUT2D eigenvalue weighted by Gasteiger charge is -2.19. The number of benzene rings is 1. The van der Waals surface area contributed by atoms with Crippen LogP contribution in [0.4, 0.5) is 15.8 Å². The molecule has 6 nitrogen and oxygen atoms in total. The zero-order valence-corrected chi connectivity index (χ0v) is 16.0. The number of ether oxygens (including phenoxy) is 1. The van der Waals surface area contributed by atoms with Gasteiger partial charge in [0.2, 0.25) is 0 Å². The molecule has 1 amide bonds. The number of pyridine rings is 2. The molecule has 1 aliphatic heterocycles. The van der Waals surface area contributed by atoms with Crippen molar-refractivity contribution in [1.82, 2.24) is 14.9 Å². The second kappa shape index (κ2) is 7.69. The van der Waals surface area contributed by atoms with Gasteiger partial charge < -0.3 is 15.0 Å². The fraction of sp³-hybridized carbons (Fsp3) is 0.250. The number of aromatic nitrogens is 2.